The largest absolute Gasteiger partial charge is 0.357 e. The summed E-state index contributed by atoms with van der Waals surface area (Å²) in [5.74, 6) is 0.741. The third-order valence-electron chi connectivity index (χ3n) is 5.58. The van der Waals surface area contributed by atoms with E-state index in [4.69, 9.17) is 4.99 Å². The van der Waals surface area contributed by atoms with Gasteiger partial charge in [0, 0.05) is 31.7 Å². The molecule has 3 rings (SSSR count). The highest BCUT2D eigenvalue weighted by Crippen LogP contribution is 2.13. The zero-order valence-corrected chi connectivity index (χ0v) is 19.5. The van der Waals surface area contributed by atoms with Crippen LogP contribution in [0.25, 0.3) is 0 Å². The predicted octanol–water partition coefficient (Wildman–Crippen LogP) is 3.68. The highest BCUT2D eigenvalue weighted by atomic mass is 16.1. The number of nitrogens with zero attached hydrogens (tertiary/aromatic N) is 2. The fourth-order valence-corrected chi connectivity index (χ4v) is 3.81. The molecule has 0 unspecified atom stereocenters. The Hall–Kier alpha value is -2.86. The number of carbonyl (C=O) groups is 1. The van der Waals surface area contributed by atoms with Crippen LogP contribution in [0.3, 0.4) is 0 Å². The van der Waals surface area contributed by atoms with Crippen molar-refractivity contribution in [2.45, 2.75) is 52.7 Å². The highest BCUT2D eigenvalue weighted by molar-refractivity contribution is 5.94. The van der Waals surface area contributed by atoms with Crippen LogP contribution in [0.4, 0.5) is 0 Å². The number of nitrogens with one attached hydrogen (secondary N) is 3. The van der Waals surface area contributed by atoms with Crippen molar-refractivity contribution in [2.24, 2.45) is 4.99 Å². The van der Waals surface area contributed by atoms with Crippen LogP contribution in [-0.2, 0) is 19.6 Å². The Morgan fingerprint density at radius 2 is 1.69 bits per heavy atom. The Kier molecular flexibility index (Phi) is 9.57. The standard InChI is InChI=1S/C26H37N5O/c1-3-14-28-25(32)24-9-7-8-23(17-24)19-30-26(27-4-2)29-18-21-10-12-22(13-11-21)20-31-15-5-6-16-31/h7-13,17H,3-6,14-16,18-20H2,1-2H3,(H,28,32)(H2,27,29,30). The number of aliphatic imine (C=N–C) groups is 1. The molecule has 2 aromatic carbocycles. The molecule has 6 nitrogen and oxygen atoms in total. The van der Waals surface area contributed by atoms with Gasteiger partial charge in [-0.3, -0.25) is 9.69 Å². The second-order valence-electron chi connectivity index (χ2n) is 8.30. The van der Waals surface area contributed by atoms with Crippen LogP contribution in [0.1, 0.15) is 60.2 Å². The fraction of sp³-hybridized carbons (Fsp3) is 0.462. The van der Waals surface area contributed by atoms with E-state index in [0.717, 1.165) is 37.6 Å². The van der Waals surface area contributed by atoms with Crippen LogP contribution >= 0.6 is 0 Å². The van der Waals surface area contributed by atoms with Gasteiger partial charge < -0.3 is 16.0 Å². The third kappa shape index (κ3) is 7.68. The van der Waals surface area contributed by atoms with Crippen LogP contribution in [0, 0.1) is 0 Å². The van der Waals surface area contributed by atoms with Crippen molar-refractivity contribution in [2.75, 3.05) is 26.2 Å². The van der Waals surface area contributed by atoms with E-state index in [2.05, 4.69) is 52.0 Å². The summed E-state index contributed by atoms with van der Waals surface area (Å²) in [4.78, 5) is 19.4. The third-order valence-corrected chi connectivity index (χ3v) is 5.58. The molecule has 0 saturated carbocycles. The van der Waals surface area contributed by atoms with Crippen molar-refractivity contribution in [1.29, 1.82) is 0 Å². The first-order valence-corrected chi connectivity index (χ1v) is 11.9. The van der Waals surface area contributed by atoms with Gasteiger partial charge in [0.15, 0.2) is 5.96 Å². The molecular formula is C26H37N5O. The maximum Gasteiger partial charge on any atom is 0.251 e. The van der Waals surface area contributed by atoms with E-state index in [-0.39, 0.29) is 5.91 Å². The lowest BCUT2D eigenvalue weighted by Crippen LogP contribution is -2.36. The Bertz CT molecular complexity index is 872. The van der Waals surface area contributed by atoms with Gasteiger partial charge in [-0.1, -0.05) is 43.3 Å². The molecule has 0 spiro atoms. The summed E-state index contributed by atoms with van der Waals surface area (Å²) in [6.45, 7) is 10.3. The minimum atomic E-state index is -0.0316. The maximum atomic E-state index is 12.2. The number of carbonyl (C=O) groups excluding carboxylic acids is 1. The molecule has 1 aliphatic heterocycles. The van der Waals surface area contributed by atoms with Crippen LogP contribution in [-0.4, -0.2) is 42.9 Å². The number of benzene rings is 2. The van der Waals surface area contributed by atoms with E-state index in [1.807, 2.05) is 31.2 Å². The molecule has 1 aliphatic rings. The Balaban J connectivity index is 1.54. The number of hydrogen-bond acceptors (Lipinski definition) is 3. The van der Waals surface area contributed by atoms with Crippen molar-refractivity contribution >= 4 is 11.9 Å². The van der Waals surface area contributed by atoms with Crippen LogP contribution < -0.4 is 16.0 Å². The Morgan fingerprint density at radius 1 is 0.938 bits per heavy atom. The molecule has 0 aromatic heterocycles. The van der Waals surface area contributed by atoms with E-state index in [0.29, 0.717) is 18.7 Å². The van der Waals surface area contributed by atoms with E-state index < -0.39 is 0 Å². The summed E-state index contributed by atoms with van der Waals surface area (Å²) in [6.07, 6.45) is 3.57. The second-order valence-corrected chi connectivity index (χ2v) is 8.30. The van der Waals surface area contributed by atoms with Gasteiger partial charge in [0.25, 0.3) is 5.91 Å². The Morgan fingerprint density at radius 3 is 2.41 bits per heavy atom. The molecule has 1 fully saturated rings. The summed E-state index contributed by atoms with van der Waals surface area (Å²) in [5, 5.41) is 9.64. The van der Waals surface area contributed by atoms with Gasteiger partial charge in [-0.15, -0.1) is 0 Å². The molecular weight excluding hydrogens is 398 g/mol. The molecule has 0 bridgehead atoms. The molecule has 6 heteroatoms. The van der Waals surface area contributed by atoms with E-state index in [1.165, 1.54) is 37.1 Å². The van der Waals surface area contributed by atoms with Crippen molar-refractivity contribution in [1.82, 2.24) is 20.9 Å². The molecule has 0 aliphatic carbocycles. The lowest BCUT2D eigenvalue weighted by Gasteiger charge is -2.15. The van der Waals surface area contributed by atoms with Gasteiger partial charge in [-0.25, -0.2) is 4.99 Å². The van der Waals surface area contributed by atoms with Gasteiger partial charge in [0.05, 0.1) is 6.54 Å². The van der Waals surface area contributed by atoms with Crippen molar-refractivity contribution in [3.05, 3.63) is 70.8 Å². The topological polar surface area (TPSA) is 68.8 Å². The maximum absolute atomic E-state index is 12.2. The van der Waals surface area contributed by atoms with Crippen molar-refractivity contribution in [3.8, 4) is 0 Å². The highest BCUT2D eigenvalue weighted by Gasteiger charge is 2.11. The Labute approximate surface area is 192 Å². The predicted molar refractivity (Wildman–Crippen MR) is 132 cm³/mol. The summed E-state index contributed by atoms with van der Waals surface area (Å²) in [5.41, 5.74) is 4.30. The summed E-state index contributed by atoms with van der Waals surface area (Å²) >= 11 is 0. The summed E-state index contributed by atoms with van der Waals surface area (Å²) in [7, 11) is 0. The zero-order valence-electron chi connectivity index (χ0n) is 19.5. The molecule has 2 aromatic rings. The van der Waals surface area contributed by atoms with Gasteiger partial charge in [-0.2, -0.15) is 0 Å². The molecule has 3 N–H and O–H groups in total. The average Bonchev–Trinajstić information content (AvgIpc) is 3.33. The van der Waals surface area contributed by atoms with E-state index in [9.17, 15) is 4.79 Å². The molecule has 0 atom stereocenters. The van der Waals surface area contributed by atoms with E-state index in [1.54, 1.807) is 0 Å². The SMILES string of the molecule is CCCNC(=O)c1cccc(CN=C(NCC)NCc2ccc(CN3CCCC3)cc2)c1. The quantitative estimate of drug-likeness (QED) is 0.393. The normalized spacial score (nSPS) is 14.4. The molecule has 1 amide bonds. The first kappa shape index (κ1) is 23.8. The molecule has 172 valence electrons. The summed E-state index contributed by atoms with van der Waals surface area (Å²) < 4.78 is 0. The van der Waals surface area contributed by atoms with Gasteiger partial charge in [0.2, 0.25) is 0 Å². The van der Waals surface area contributed by atoms with Gasteiger partial charge >= 0.3 is 0 Å². The van der Waals surface area contributed by atoms with Gasteiger partial charge in [0.1, 0.15) is 0 Å². The average molecular weight is 436 g/mol. The monoisotopic (exact) mass is 435 g/mol. The zero-order chi connectivity index (χ0) is 22.6. The van der Waals surface area contributed by atoms with Crippen LogP contribution in [0.15, 0.2) is 53.5 Å². The van der Waals surface area contributed by atoms with Crippen molar-refractivity contribution in [3.63, 3.8) is 0 Å². The lowest BCUT2D eigenvalue weighted by molar-refractivity contribution is 0.0953. The first-order valence-electron chi connectivity index (χ1n) is 11.9. The van der Waals surface area contributed by atoms with Crippen molar-refractivity contribution < 1.29 is 4.79 Å². The molecule has 0 radical (unpaired) electrons. The van der Waals surface area contributed by atoms with E-state index >= 15 is 0 Å². The fourth-order valence-electron chi connectivity index (χ4n) is 3.81. The van der Waals surface area contributed by atoms with Crippen LogP contribution in [0.2, 0.25) is 0 Å². The minimum absolute atomic E-state index is 0.0316. The smallest absolute Gasteiger partial charge is 0.251 e. The number of rotatable bonds is 10. The number of likely N-dealkylation sites (tertiary alicyclic amines) is 1. The van der Waals surface area contributed by atoms with Crippen LogP contribution in [0.5, 0.6) is 0 Å². The second kappa shape index (κ2) is 12.9. The molecule has 1 heterocycles. The van der Waals surface area contributed by atoms with Gasteiger partial charge in [-0.05, 0) is 68.1 Å². The molecule has 1 saturated heterocycles. The summed E-state index contributed by atoms with van der Waals surface area (Å²) in [6, 6.07) is 16.5. The minimum Gasteiger partial charge on any atom is -0.357 e. The lowest BCUT2D eigenvalue weighted by atomic mass is 10.1. The number of hydrogen-bond donors (Lipinski definition) is 3. The number of amides is 1. The number of guanidine groups is 1. The molecule has 32 heavy (non-hydrogen) atoms. The first-order chi connectivity index (χ1) is 15.7.